The summed E-state index contributed by atoms with van der Waals surface area (Å²) in [5.74, 6) is -1.38. The molecule has 3 aromatic heterocycles. The number of carbonyl (C=O) groups excluding carboxylic acids is 1. The summed E-state index contributed by atoms with van der Waals surface area (Å²) in [4.78, 5) is 43.1. The summed E-state index contributed by atoms with van der Waals surface area (Å²) in [5, 5.41) is 3.43. The Balaban J connectivity index is 2.10. The maximum atomic E-state index is 13.6. The number of carbonyl (C=O) groups is 1. The van der Waals surface area contributed by atoms with Crippen LogP contribution in [0.1, 0.15) is 21.7 Å². The van der Waals surface area contributed by atoms with E-state index in [2.05, 4.69) is 26.0 Å². The molecule has 0 aliphatic heterocycles. The minimum absolute atomic E-state index is 0.0234. The second-order valence-corrected chi connectivity index (χ2v) is 8.36. The van der Waals surface area contributed by atoms with Crippen molar-refractivity contribution in [3.63, 3.8) is 0 Å². The molecular formula is C20H12BrClF3N5O3. The number of benzene rings is 1. The molecule has 0 aliphatic rings. The third kappa shape index (κ3) is 3.78. The molecule has 0 spiro atoms. The van der Waals surface area contributed by atoms with Crippen molar-refractivity contribution < 1.29 is 18.0 Å². The topological polar surface area (TPSA) is 91.8 Å². The van der Waals surface area contributed by atoms with E-state index in [-0.39, 0.29) is 21.7 Å². The van der Waals surface area contributed by atoms with Crippen LogP contribution < -0.4 is 11.2 Å². The molecule has 0 fully saturated rings. The second-order valence-electron chi connectivity index (χ2n) is 7.04. The van der Waals surface area contributed by atoms with Crippen LogP contribution in [-0.4, -0.2) is 29.8 Å². The normalized spacial score (nSPS) is 11.8. The lowest BCUT2D eigenvalue weighted by atomic mass is 10.1. The first kappa shape index (κ1) is 22.9. The fourth-order valence-corrected chi connectivity index (χ4v) is 4.15. The van der Waals surface area contributed by atoms with E-state index in [1.807, 2.05) is 0 Å². The van der Waals surface area contributed by atoms with E-state index in [0.29, 0.717) is 29.9 Å². The smallest absolute Gasteiger partial charge is 0.268 e. The maximum Gasteiger partial charge on any atom is 0.435 e. The van der Waals surface area contributed by atoms with Gasteiger partial charge in [-0.3, -0.25) is 14.2 Å². The van der Waals surface area contributed by atoms with Crippen LogP contribution in [0.15, 0.2) is 50.6 Å². The van der Waals surface area contributed by atoms with Crippen molar-refractivity contribution >= 4 is 44.3 Å². The van der Waals surface area contributed by atoms with Gasteiger partial charge in [-0.05, 0) is 36.8 Å². The number of fused-ring (bicyclic) bond motifs is 1. The van der Waals surface area contributed by atoms with Crippen molar-refractivity contribution in [3.8, 4) is 5.82 Å². The van der Waals surface area contributed by atoms with Gasteiger partial charge in [-0.25, -0.2) is 19.0 Å². The van der Waals surface area contributed by atoms with Gasteiger partial charge in [-0.15, -0.1) is 0 Å². The Bertz CT molecular complexity index is 1570. The molecule has 4 rings (SSSR count). The van der Waals surface area contributed by atoms with Gasteiger partial charge in [0.15, 0.2) is 11.5 Å². The van der Waals surface area contributed by atoms with Gasteiger partial charge in [0.25, 0.3) is 11.5 Å². The summed E-state index contributed by atoms with van der Waals surface area (Å²) in [6, 6.07) is 6.31. The highest BCUT2D eigenvalue weighted by molar-refractivity contribution is 9.10. The maximum absolute atomic E-state index is 13.6. The lowest BCUT2D eigenvalue weighted by Gasteiger charge is -2.14. The minimum atomic E-state index is -4.89. The second kappa shape index (κ2) is 7.96. The van der Waals surface area contributed by atoms with E-state index in [1.165, 1.54) is 24.4 Å². The molecule has 0 saturated heterocycles. The number of rotatable bonds is 2. The van der Waals surface area contributed by atoms with Crippen LogP contribution >= 0.6 is 27.5 Å². The van der Waals surface area contributed by atoms with Gasteiger partial charge in [-0.2, -0.15) is 18.3 Å². The Morgan fingerprint density at radius 3 is 2.52 bits per heavy atom. The fourth-order valence-electron chi connectivity index (χ4n) is 3.38. The predicted octanol–water partition coefficient (Wildman–Crippen LogP) is 3.71. The molecular weight excluding hydrogens is 531 g/mol. The lowest BCUT2D eigenvalue weighted by molar-refractivity contribution is -0.141. The van der Waals surface area contributed by atoms with Crippen molar-refractivity contribution in [1.82, 2.24) is 23.9 Å². The SMILES string of the molecule is Cc1cc(Br)cc2c(=O)n(C)c(=O)n(C(=O)c3cc(C(F)(F)F)nn3-c3ncccc3Cl)c12. The first-order valence-corrected chi connectivity index (χ1v) is 10.3. The zero-order valence-electron chi connectivity index (χ0n) is 16.8. The number of aryl methyl sites for hydroxylation is 1. The zero-order valence-corrected chi connectivity index (χ0v) is 19.2. The highest BCUT2D eigenvalue weighted by atomic mass is 79.9. The summed E-state index contributed by atoms with van der Waals surface area (Å²) in [6.07, 6.45) is -3.63. The van der Waals surface area contributed by atoms with Crippen molar-refractivity contribution in [2.75, 3.05) is 0 Å². The van der Waals surface area contributed by atoms with Gasteiger partial charge < -0.3 is 0 Å². The average Bonchev–Trinajstić information content (AvgIpc) is 3.19. The highest BCUT2D eigenvalue weighted by Gasteiger charge is 2.37. The largest absolute Gasteiger partial charge is 0.435 e. The number of hydrogen-bond acceptors (Lipinski definition) is 5. The molecule has 1 aromatic carbocycles. The summed E-state index contributed by atoms with van der Waals surface area (Å²) >= 11 is 9.34. The Morgan fingerprint density at radius 2 is 1.88 bits per heavy atom. The van der Waals surface area contributed by atoms with E-state index >= 15 is 0 Å². The Kier molecular flexibility index (Phi) is 5.53. The van der Waals surface area contributed by atoms with Gasteiger partial charge >= 0.3 is 11.9 Å². The van der Waals surface area contributed by atoms with E-state index in [4.69, 9.17) is 11.6 Å². The Labute approximate surface area is 196 Å². The number of hydrogen-bond donors (Lipinski definition) is 0. The van der Waals surface area contributed by atoms with Crippen LogP contribution in [0.2, 0.25) is 5.02 Å². The molecule has 0 unspecified atom stereocenters. The van der Waals surface area contributed by atoms with Crippen molar-refractivity contribution in [2.45, 2.75) is 13.1 Å². The number of aromatic nitrogens is 5. The monoisotopic (exact) mass is 541 g/mol. The Hall–Kier alpha value is -3.25. The van der Waals surface area contributed by atoms with Gasteiger partial charge in [0, 0.05) is 23.8 Å². The van der Waals surface area contributed by atoms with Gasteiger partial charge in [0.1, 0.15) is 5.69 Å². The number of nitrogens with zero attached hydrogens (tertiary/aromatic N) is 5. The molecule has 0 radical (unpaired) electrons. The van der Waals surface area contributed by atoms with Crippen LogP contribution in [0, 0.1) is 6.92 Å². The molecule has 8 nitrogen and oxygen atoms in total. The van der Waals surface area contributed by atoms with Crippen LogP contribution in [0.25, 0.3) is 16.7 Å². The van der Waals surface area contributed by atoms with Gasteiger partial charge in [0.05, 0.1) is 15.9 Å². The molecule has 0 amide bonds. The predicted molar refractivity (Wildman–Crippen MR) is 117 cm³/mol. The summed E-state index contributed by atoms with van der Waals surface area (Å²) in [6.45, 7) is 1.56. The third-order valence-electron chi connectivity index (χ3n) is 4.86. The average molecular weight is 543 g/mol. The molecule has 0 saturated carbocycles. The summed E-state index contributed by atoms with van der Waals surface area (Å²) in [5.41, 5.74) is -3.36. The van der Waals surface area contributed by atoms with Crippen LogP contribution in [0.5, 0.6) is 0 Å². The van der Waals surface area contributed by atoms with E-state index < -0.39 is 34.7 Å². The lowest BCUT2D eigenvalue weighted by Crippen LogP contribution is -2.41. The molecule has 0 atom stereocenters. The van der Waals surface area contributed by atoms with Crippen molar-refractivity contribution in [1.29, 1.82) is 0 Å². The fraction of sp³-hybridized carbons (Fsp3) is 0.150. The molecule has 170 valence electrons. The summed E-state index contributed by atoms with van der Waals surface area (Å²) < 4.78 is 42.9. The molecule has 13 heteroatoms. The standard InChI is InChI=1S/C20H12BrClF3N5O3/c1-9-6-10(21)7-11-15(9)29(19(33)28(2)17(11)31)18(32)13-8-14(20(23,24)25)27-30(13)16-12(22)4-3-5-26-16/h3-8H,1-2H3. The van der Waals surface area contributed by atoms with Gasteiger partial charge in [-0.1, -0.05) is 27.5 Å². The van der Waals surface area contributed by atoms with Crippen LogP contribution in [0.4, 0.5) is 13.2 Å². The van der Waals surface area contributed by atoms with Crippen LogP contribution in [-0.2, 0) is 13.2 Å². The minimum Gasteiger partial charge on any atom is -0.268 e. The zero-order chi connectivity index (χ0) is 24.2. The van der Waals surface area contributed by atoms with E-state index in [9.17, 15) is 27.6 Å². The number of halogens is 5. The van der Waals surface area contributed by atoms with Crippen LogP contribution in [0.3, 0.4) is 0 Å². The Morgan fingerprint density at radius 1 is 1.18 bits per heavy atom. The number of pyridine rings is 1. The first-order valence-electron chi connectivity index (χ1n) is 9.16. The molecule has 0 aliphatic carbocycles. The molecule has 3 heterocycles. The van der Waals surface area contributed by atoms with E-state index in [0.717, 1.165) is 7.05 Å². The van der Waals surface area contributed by atoms with E-state index in [1.54, 1.807) is 13.0 Å². The molecule has 0 N–H and O–H groups in total. The first-order chi connectivity index (χ1) is 15.4. The van der Waals surface area contributed by atoms with Crippen molar-refractivity contribution in [2.24, 2.45) is 7.05 Å². The summed E-state index contributed by atoms with van der Waals surface area (Å²) in [7, 11) is 1.16. The molecule has 33 heavy (non-hydrogen) atoms. The molecule has 0 bridgehead atoms. The highest BCUT2D eigenvalue weighted by Crippen LogP contribution is 2.31. The third-order valence-corrected chi connectivity index (χ3v) is 5.62. The molecule has 4 aromatic rings. The van der Waals surface area contributed by atoms with Gasteiger partial charge in [0.2, 0.25) is 0 Å². The van der Waals surface area contributed by atoms with Crippen molar-refractivity contribution in [3.05, 3.63) is 83.8 Å². The quantitative estimate of drug-likeness (QED) is 0.385. The number of alkyl halides is 3.